The number of allylic oxidation sites excluding steroid dienone is 1. The highest BCUT2D eigenvalue weighted by atomic mass is 16.6. The molecular weight excluding hydrogens is 390 g/mol. The van der Waals surface area contributed by atoms with Gasteiger partial charge in [-0.3, -0.25) is 9.63 Å². The van der Waals surface area contributed by atoms with Crippen LogP contribution >= 0.6 is 0 Å². The minimum atomic E-state index is -1.13. The van der Waals surface area contributed by atoms with Crippen molar-refractivity contribution in [3.63, 3.8) is 0 Å². The van der Waals surface area contributed by atoms with Crippen LogP contribution < -0.4 is 5.90 Å². The average Bonchev–Trinajstić information content (AvgIpc) is 3.31. The van der Waals surface area contributed by atoms with Crippen molar-refractivity contribution in [3.8, 4) is 0 Å². The maximum atomic E-state index is 11.7. The van der Waals surface area contributed by atoms with Crippen molar-refractivity contribution in [1.82, 2.24) is 9.55 Å². The van der Waals surface area contributed by atoms with E-state index in [9.17, 15) is 9.90 Å². The van der Waals surface area contributed by atoms with Crippen LogP contribution in [0.3, 0.4) is 0 Å². The van der Waals surface area contributed by atoms with E-state index >= 15 is 0 Å². The maximum Gasteiger partial charge on any atom is 0.311 e. The molecule has 2 atom stereocenters. The number of aromatic nitrogens is 2. The summed E-state index contributed by atoms with van der Waals surface area (Å²) < 4.78 is 2.08. The number of hydrogen-bond donors (Lipinski definition) is 2. The van der Waals surface area contributed by atoms with Crippen molar-refractivity contribution in [2.75, 3.05) is 0 Å². The van der Waals surface area contributed by atoms with Gasteiger partial charge in [0.05, 0.1) is 23.9 Å². The molecule has 0 bridgehead atoms. The van der Waals surface area contributed by atoms with Gasteiger partial charge in [0.25, 0.3) is 0 Å². The van der Waals surface area contributed by atoms with Gasteiger partial charge in [-0.1, -0.05) is 66.7 Å². The van der Waals surface area contributed by atoms with Gasteiger partial charge in [-0.25, -0.2) is 10.9 Å². The van der Waals surface area contributed by atoms with Crippen molar-refractivity contribution < 1.29 is 14.7 Å². The molecule has 0 saturated heterocycles. The van der Waals surface area contributed by atoms with Crippen LogP contribution in [-0.4, -0.2) is 26.7 Å². The van der Waals surface area contributed by atoms with Crippen molar-refractivity contribution >= 4 is 11.5 Å². The SMILES string of the molecule is CC(C)(C(=O)O)C(CC=C(c1ccccc1)C(Cc1ccccc1)n1ccnc1)ON. The molecule has 0 fully saturated rings. The summed E-state index contributed by atoms with van der Waals surface area (Å²) in [5.41, 5.74) is 2.18. The molecule has 1 heterocycles. The summed E-state index contributed by atoms with van der Waals surface area (Å²) in [5, 5.41) is 9.61. The zero-order valence-corrected chi connectivity index (χ0v) is 17.9. The summed E-state index contributed by atoms with van der Waals surface area (Å²) in [6.07, 6.45) is 8.01. The molecule has 0 aliphatic rings. The molecule has 3 N–H and O–H groups in total. The molecule has 31 heavy (non-hydrogen) atoms. The lowest BCUT2D eigenvalue weighted by Gasteiger charge is -2.29. The molecular formula is C25H29N3O3. The first-order valence-electron chi connectivity index (χ1n) is 10.3. The summed E-state index contributed by atoms with van der Waals surface area (Å²) >= 11 is 0. The third kappa shape index (κ3) is 5.48. The highest BCUT2D eigenvalue weighted by Crippen LogP contribution is 2.33. The predicted octanol–water partition coefficient (Wildman–Crippen LogP) is 4.51. The first kappa shape index (κ1) is 22.5. The Morgan fingerprint density at radius 3 is 2.35 bits per heavy atom. The van der Waals surface area contributed by atoms with Crippen molar-refractivity contribution in [2.24, 2.45) is 11.3 Å². The van der Waals surface area contributed by atoms with E-state index < -0.39 is 17.5 Å². The van der Waals surface area contributed by atoms with Crippen LogP contribution in [0.1, 0.15) is 37.4 Å². The number of nitrogens with zero attached hydrogens (tertiary/aromatic N) is 2. The van der Waals surface area contributed by atoms with Crippen molar-refractivity contribution in [2.45, 2.75) is 38.8 Å². The van der Waals surface area contributed by atoms with Gasteiger partial charge in [-0.05, 0) is 43.4 Å². The molecule has 0 radical (unpaired) electrons. The lowest BCUT2D eigenvalue weighted by molar-refractivity contribution is -0.156. The van der Waals surface area contributed by atoms with Crippen LogP contribution in [0.2, 0.25) is 0 Å². The fraction of sp³-hybridized carbons (Fsp3) is 0.280. The monoisotopic (exact) mass is 419 g/mol. The van der Waals surface area contributed by atoms with E-state index in [0.717, 1.165) is 17.6 Å². The summed E-state index contributed by atoms with van der Waals surface area (Å²) in [5.74, 6) is 4.56. The molecule has 2 aromatic carbocycles. The Hall–Kier alpha value is -3.22. The molecule has 6 heteroatoms. The molecule has 0 spiro atoms. The topological polar surface area (TPSA) is 90.4 Å². The maximum absolute atomic E-state index is 11.7. The van der Waals surface area contributed by atoms with E-state index in [4.69, 9.17) is 10.7 Å². The van der Waals surface area contributed by atoms with E-state index in [2.05, 4.69) is 33.8 Å². The molecule has 0 aliphatic carbocycles. The van der Waals surface area contributed by atoms with Crippen LogP contribution in [0.15, 0.2) is 85.5 Å². The normalized spacial score (nSPS) is 14.2. The molecule has 1 aromatic heterocycles. The fourth-order valence-electron chi connectivity index (χ4n) is 3.64. The lowest BCUT2D eigenvalue weighted by Crippen LogP contribution is -2.40. The Balaban J connectivity index is 2.03. The number of carboxylic acid groups (broad SMARTS) is 1. The smallest absolute Gasteiger partial charge is 0.311 e. The second-order valence-corrected chi connectivity index (χ2v) is 8.13. The number of benzene rings is 2. The highest BCUT2D eigenvalue weighted by Gasteiger charge is 2.37. The Morgan fingerprint density at radius 1 is 1.16 bits per heavy atom. The number of carboxylic acids is 1. The van der Waals surface area contributed by atoms with Crippen LogP contribution in [0.25, 0.3) is 5.57 Å². The Labute approximate surface area is 183 Å². The van der Waals surface area contributed by atoms with Crippen LogP contribution in [0.5, 0.6) is 0 Å². The molecule has 6 nitrogen and oxygen atoms in total. The molecule has 3 rings (SSSR count). The summed E-state index contributed by atoms with van der Waals surface area (Å²) in [6, 6.07) is 20.3. The minimum Gasteiger partial charge on any atom is -0.481 e. The van der Waals surface area contributed by atoms with E-state index in [0.29, 0.717) is 6.42 Å². The largest absolute Gasteiger partial charge is 0.481 e. The number of hydrogen-bond acceptors (Lipinski definition) is 4. The van der Waals surface area contributed by atoms with Gasteiger partial charge in [0.1, 0.15) is 0 Å². The third-order valence-electron chi connectivity index (χ3n) is 5.70. The van der Waals surface area contributed by atoms with E-state index in [1.165, 1.54) is 5.56 Å². The van der Waals surface area contributed by atoms with Crippen molar-refractivity contribution in [3.05, 3.63) is 96.6 Å². The first-order valence-corrected chi connectivity index (χ1v) is 10.3. The summed E-state index contributed by atoms with van der Waals surface area (Å²) in [6.45, 7) is 3.25. The second-order valence-electron chi connectivity index (χ2n) is 8.13. The second kappa shape index (κ2) is 10.2. The fourth-order valence-corrected chi connectivity index (χ4v) is 3.64. The van der Waals surface area contributed by atoms with Gasteiger partial charge in [-0.15, -0.1) is 0 Å². The number of aliphatic carboxylic acids is 1. The van der Waals surface area contributed by atoms with E-state index in [-0.39, 0.29) is 6.04 Å². The van der Waals surface area contributed by atoms with Gasteiger partial charge in [0.2, 0.25) is 0 Å². The molecule has 162 valence electrons. The van der Waals surface area contributed by atoms with Crippen LogP contribution in [0, 0.1) is 5.41 Å². The number of imidazole rings is 1. The van der Waals surface area contributed by atoms with E-state index in [1.807, 2.05) is 55.0 Å². The first-order chi connectivity index (χ1) is 14.9. The quantitative estimate of drug-likeness (QED) is 0.472. The lowest BCUT2D eigenvalue weighted by atomic mass is 9.83. The Kier molecular flexibility index (Phi) is 7.39. The molecule has 2 unspecified atom stereocenters. The Bertz CT molecular complexity index is 983. The zero-order chi connectivity index (χ0) is 22.3. The van der Waals surface area contributed by atoms with Crippen LogP contribution in [-0.2, 0) is 16.1 Å². The minimum absolute atomic E-state index is 0.0290. The predicted molar refractivity (Wildman–Crippen MR) is 121 cm³/mol. The van der Waals surface area contributed by atoms with E-state index in [1.54, 1.807) is 20.0 Å². The van der Waals surface area contributed by atoms with Crippen molar-refractivity contribution in [1.29, 1.82) is 0 Å². The molecule has 3 aromatic rings. The van der Waals surface area contributed by atoms with Gasteiger partial charge in [0, 0.05) is 12.4 Å². The number of nitrogens with two attached hydrogens (primary N) is 1. The highest BCUT2D eigenvalue weighted by molar-refractivity contribution is 5.75. The van der Waals surface area contributed by atoms with Gasteiger partial charge in [0.15, 0.2) is 0 Å². The van der Waals surface area contributed by atoms with Gasteiger partial charge in [-0.2, -0.15) is 0 Å². The molecule has 0 saturated carbocycles. The average molecular weight is 420 g/mol. The Morgan fingerprint density at radius 2 is 1.81 bits per heavy atom. The third-order valence-corrected chi connectivity index (χ3v) is 5.70. The van der Waals surface area contributed by atoms with Gasteiger partial charge < -0.3 is 9.67 Å². The summed E-state index contributed by atoms with van der Waals surface area (Å²) in [7, 11) is 0. The molecule has 0 amide bonds. The molecule has 0 aliphatic heterocycles. The van der Waals surface area contributed by atoms with Gasteiger partial charge >= 0.3 is 5.97 Å². The number of rotatable bonds is 10. The standard InChI is InChI=1S/C25H29N3O3/c1-25(2,24(29)30)23(31-26)14-13-21(20-11-7-4-8-12-20)22(28-16-15-27-18-28)17-19-9-5-3-6-10-19/h3-13,15-16,18,22-23H,14,17,26H2,1-2H3,(H,29,30). The zero-order valence-electron chi connectivity index (χ0n) is 17.9. The number of carbonyl (C=O) groups is 1. The summed E-state index contributed by atoms with van der Waals surface area (Å²) in [4.78, 5) is 21.1. The van der Waals surface area contributed by atoms with Crippen LogP contribution in [0.4, 0.5) is 0 Å².